The number of aromatic nitrogens is 1. The van der Waals surface area contributed by atoms with Gasteiger partial charge in [0.1, 0.15) is 5.75 Å². The second-order valence-corrected chi connectivity index (χ2v) is 8.02. The zero-order valence-corrected chi connectivity index (χ0v) is 16.6. The molecule has 2 atom stereocenters. The van der Waals surface area contributed by atoms with Crippen LogP contribution in [-0.4, -0.2) is 76.0 Å². The highest BCUT2D eigenvalue weighted by Gasteiger charge is 2.33. The molecular formula is C22H31N3O3. The molecule has 6 nitrogen and oxygen atoms in total. The summed E-state index contributed by atoms with van der Waals surface area (Å²) in [6, 6.07) is 10.4. The first kappa shape index (κ1) is 19.6. The zero-order chi connectivity index (χ0) is 19.5. The van der Waals surface area contributed by atoms with Crippen molar-refractivity contribution in [1.29, 1.82) is 0 Å². The molecule has 152 valence electrons. The van der Waals surface area contributed by atoms with Gasteiger partial charge in [0, 0.05) is 44.2 Å². The van der Waals surface area contributed by atoms with Gasteiger partial charge in [-0.1, -0.05) is 6.07 Å². The van der Waals surface area contributed by atoms with E-state index in [9.17, 15) is 10.2 Å². The Bertz CT molecular complexity index is 792. The van der Waals surface area contributed by atoms with Gasteiger partial charge in [-0.25, -0.2) is 0 Å². The Morgan fingerprint density at radius 3 is 2.64 bits per heavy atom. The summed E-state index contributed by atoms with van der Waals surface area (Å²) in [5, 5.41) is 21.5. The SMILES string of the molecule is CCOc1ccc2nc(CN3CC[C@@H](N4CCC(O)CC4)[C@H](O)C3)ccc2c1. The standard InChI is InChI=1S/C22H31N3O3/c1-2-28-19-5-6-20-16(13-19)3-4-17(23-20)14-24-10-9-21(22(27)15-24)25-11-7-18(26)8-12-25/h3-6,13,18,21-22,26-27H,2,7-12,14-15H2,1H3/t21-,22-/m1/s1. The summed E-state index contributed by atoms with van der Waals surface area (Å²) in [7, 11) is 0. The molecule has 2 aromatic rings. The Morgan fingerprint density at radius 1 is 1.07 bits per heavy atom. The van der Waals surface area contributed by atoms with E-state index in [1.54, 1.807) is 0 Å². The number of rotatable bonds is 5. The molecule has 2 aliphatic heterocycles. The van der Waals surface area contributed by atoms with E-state index in [0.29, 0.717) is 13.2 Å². The van der Waals surface area contributed by atoms with Crippen molar-refractivity contribution >= 4 is 10.9 Å². The molecule has 0 saturated carbocycles. The van der Waals surface area contributed by atoms with Gasteiger partial charge in [0.2, 0.25) is 0 Å². The highest BCUT2D eigenvalue weighted by molar-refractivity contribution is 5.80. The number of aliphatic hydroxyl groups excluding tert-OH is 2. The van der Waals surface area contributed by atoms with Crippen molar-refractivity contribution in [3.05, 3.63) is 36.0 Å². The average Bonchev–Trinajstić information content (AvgIpc) is 2.69. The van der Waals surface area contributed by atoms with Crippen LogP contribution in [0.2, 0.25) is 0 Å². The third-order valence-corrected chi connectivity index (χ3v) is 6.01. The number of likely N-dealkylation sites (tertiary alicyclic amines) is 2. The Morgan fingerprint density at radius 2 is 1.89 bits per heavy atom. The minimum absolute atomic E-state index is 0.169. The largest absolute Gasteiger partial charge is 0.494 e. The van der Waals surface area contributed by atoms with Crippen molar-refractivity contribution in [1.82, 2.24) is 14.8 Å². The van der Waals surface area contributed by atoms with Crippen LogP contribution in [0.1, 0.15) is 31.9 Å². The van der Waals surface area contributed by atoms with Crippen molar-refractivity contribution in [2.45, 2.75) is 51.0 Å². The van der Waals surface area contributed by atoms with E-state index in [1.165, 1.54) is 0 Å². The maximum absolute atomic E-state index is 10.7. The molecule has 0 spiro atoms. The van der Waals surface area contributed by atoms with Gasteiger partial charge in [-0.15, -0.1) is 0 Å². The molecule has 0 amide bonds. The fourth-order valence-corrected chi connectivity index (χ4v) is 4.49. The maximum Gasteiger partial charge on any atom is 0.120 e. The highest BCUT2D eigenvalue weighted by atomic mass is 16.5. The molecule has 2 aliphatic rings. The first-order valence-electron chi connectivity index (χ1n) is 10.5. The summed E-state index contributed by atoms with van der Waals surface area (Å²) in [6.07, 6.45) is 2.08. The lowest BCUT2D eigenvalue weighted by Gasteiger charge is -2.43. The number of pyridine rings is 1. The molecule has 0 bridgehead atoms. The molecule has 1 aromatic heterocycles. The fraction of sp³-hybridized carbons (Fsp3) is 0.591. The van der Waals surface area contributed by atoms with Gasteiger partial charge in [-0.3, -0.25) is 14.8 Å². The van der Waals surface area contributed by atoms with Gasteiger partial charge < -0.3 is 14.9 Å². The van der Waals surface area contributed by atoms with E-state index in [2.05, 4.69) is 21.9 Å². The molecule has 3 heterocycles. The van der Waals surface area contributed by atoms with Gasteiger partial charge in [-0.05, 0) is 50.5 Å². The van der Waals surface area contributed by atoms with Crippen molar-refractivity contribution < 1.29 is 14.9 Å². The summed E-state index contributed by atoms with van der Waals surface area (Å²) in [5.41, 5.74) is 2.01. The number of benzene rings is 1. The number of piperidine rings is 2. The van der Waals surface area contributed by atoms with Crippen LogP contribution in [0.5, 0.6) is 5.75 Å². The number of β-amino-alcohol motifs (C(OH)–C–C–N with tert-alkyl or cyclic N) is 1. The molecule has 2 saturated heterocycles. The van der Waals surface area contributed by atoms with Crippen LogP contribution in [-0.2, 0) is 6.54 Å². The fourth-order valence-electron chi connectivity index (χ4n) is 4.49. The van der Waals surface area contributed by atoms with E-state index >= 15 is 0 Å². The monoisotopic (exact) mass is 385 g/mol. The lowest BCUT2D eigenvalue weighted by Crippen LogP contribution is -2.55. The number of ether oxygens (including phenoxy) is 1. The second-order valence-electron chi connectivity index (χ2n) is 8.02. The van der Waals surface area contributed by atoms with E-state index in [1.807, 2.05) is 25.1 Å². The Kier molecular flexibility index (Phi) is 6.11. The molecule has 28 heavy (non-hydrogen) atoms. The van der Waals surface area contributed by atoms with Gasteiger partial charge >= 0.3 is 0 Å². The number of fused-ring (bicyclic) bond motifs is 1. The zero-order valence-electron chi connectivity index (χ0n) is 16.6. The average molecular weight is 386 g/mol. The second kappa shape index (κ2) is 8.74. The molecule has 6 heteroatoms. The van der Waals surface area contributed by atoms with E-state index < -0.39 is 0 Å². The number of aliphatic hydroxyl groups is 2. The Balaban J connectivity index is 1.36. The lowest BCUT2D eigenvalue weighted by atomic mass is 9.96. The molecule has 0 radical (unpaired) electrons. The van der Waals surface area contributed by atoms with Crippen LogP contribution in [0.4, 0.5) is 0 Å². The smallest absolute Gasteiger partial charge is 0.120 e. The van der Waals surface area contributed by atoms with Crippen molar-refractivity contribution in [3.63, 3.8) is 0 Å². The summed E-state index contributed by atoms with van der Waals surface area (Å²) in [5.74, 6) is 0.875. The van der Waals surface area contributed by atoms with E-state index in [-0.39, 0.29) is 18.2 Å². The van der Waals surface area contributed by atoms with Crippen LogP contribution >= 0.6 is 0 Å². The van der Waals surface area contributed by atoms with Crippen LogP contribution in [0.3, 0.4) is 0 Å². The van der Waals surface area contributed by atoms with Gasteiger partial charge in [0.05, 0.1) is 30.0 Å². The molecular weight excluding hydrogens is 354 g/mol. The normalized spacial score (nSPS) is 25.2. The van der Waals surface area contributed by atoms with E-state index in [0.717, 1.165) is 67.8 Å². The third kappa shape index (κ3) is 4.46. The topological polar surface area (TPSA) is 69.1 Å². The molecule has 0 unspecified atom stereocenters. The third-order valence-electron chi connectivity index (χ3n) is 6.01. The maximum atomic E-state index is 10.7. The summed E-state index contributed by atoms with van der Waals surface area (Å²) in [4.78, 5) is 9.45. The lowest BCUT2D eigenvalue weighted by molar-refractivity contribution is -0.0357. The minimum Gasteiger partial charge on any atom is -0.494 e. The predicted molar refractivity (Wildman–Crippen MR) is 109 cm³/mol. The predicted octanol–water partition coefficient (Wildman–Crippen LogP) is 2.03. The Labute approximate surface area is 166 Å². The van der Waals surface area contributed by atoms with Crippen molar-refractivity contribution in [2.75, 3.05) is 32.8 Å². The minimum atomic E-state index is -0.349. The summed E-state index contributed by atoms with van der Waals surface area (Å²) >= 11 is 0. The number of hydrogen-bond donors (Lipinski definition) is 2. The summed E-state index contributed by atoms with van der Waals surface area (Å²) in [6.45, 7) is 6.81. The number of hydrogen-bond acceptors (Lipinski definition) is 6. The van der Waals surface area contributed by atoms with Gasteiger partial charge in [0.15, 0.2) is 0 Å². The van der Waals surface area contributed by atoms with Crippen LogP contribution in [0.15, 0.2) is 30.3 Å². The first-order valence-corrected chi connectivity index (χ1v) is 10.5. The highest BCUT2D eigenvalue weighted by Crippen LogP contribution is 2.24. The molecule has 1 aromatic carbocycles. The molecule has 2 N–H and O–H groups in total. The molecule has 0 aliphatic carbocycles. The quantitative estimate of drug-likeness (QED) is 0.821. The van der Waals surface area contributed by atoms with Crippen LogP contribution < -0.4 is 4.74 Å². The number of nitrogens with zero attached hydrogens (tertiary/aromatic N) is 3. The van der Waals surface area contributed by atoms with Crippen LogP contribution in [0.25, 0.3) is 10.9 Å². The first-order chi connectivity index (χ1) is 13.6. The summed E-state index contributed by atoms with van der Waals surface area (Å²) < 4.78 is 5.56. The van der Waals surface area contributed by atoms with Gasteiger partial charge in [0.25, 0.3) is 0 Å². The van der Waals surface area contributed by atoms with Gasteiger partial charge in [-0.2, -0.15) is 0 Å². The van der Waals surface area contributed by atoms with E-state index in [4.69, 9.17) is 9.72 Å². The Hall–Kier alpha value is -1.73. The van der Waals surface area contributed by atoms with Crippen molar-refractivity contribution in [2.24, 2.45) is 0 Å². The molecule has 2 fully saturated rings. The molecule has 4 rings (SSSR count). The van der Waals surface area contributed by atoms with Crippen LogP contribution in [0, 0.1) is 0 Å². The van der Waals surface area contributed by atoms with Crippen molar-refractivity contribution in [3.8, 4) is 5.75 Å².